The van der Waals surface area contributed by atoms with E-state index in [1.165, 1.54) is 4.31 Å². The van der Waals surface area contributed by atoms with Crippen LogP contribution in [0.5, 0.6) is 0 Å². The van der Waals surface area contributed by atoms with E-state index in [0.717, 1.165) is 12.7 Å². The van der Waals surface area contributed by atoms with E-state index >= 15 is 0 Å². The fourth-order valence-electron chi connectivity index (χ4n) is 1.27. The summed E-state index contributed by atoms with van der Waals surface area (Å²) in [5.41, 5.74) is 0. The Balaban J connectivity index is 4.51. The van der Waals surface area contributed by atoms with Gasteiger partial charge < -0.3 is 5.32 Å². The summed E-state index contributed by atoms with van der Waals surface area (Å²) in [7, 11) is -3.32. The molecule has 0 aliphatic carbocycles. The second-order valence-electron chi connectivity index (χ2n) is 3.92. The van der Waals surface area contributed by atoms with Gasteiger partial charge in [-0.2, -0.15) is 4.31 Å². The molecule has 1 atom stereocenters. The van der Waals surface area contributed by atoms with E-state index in [1.54, 1.807) is 6.92 Å². The van der Waals surface area contributed by atoms with Crippen LogP contribution in [-0.2, 0) is 14.8 Å². The number of rotatable bonds is 7. The Kier molecular flexibility index (Phi) is 6.59. The van der Waals surface area contributed by atoms with Gasteiger partial charge in [0.25, 0.3) is 0 Å². The molecule has 0 rings (SSSR count). The molecule has 0 heterocycles. The molecule has 0 saturated carbocycles. The number of sulfonamides is 1. The molecule has 0 aromatic carbocycles. The first-order chi connectivity index (χ1) is 7.32. The van der Waals surface area contributed by atoms with Gasteiger partial charge in [0.1, 0.15) is 0 Å². The fraction of sp³-hybridized carbons (Fsp3) is 0.900. The third kappa shape index (κ3) is 5.46. The number of nitrogens with one attached hydrogen (secondary N) is 1. The summed E-state index contributed by atoms with van der Waals surface area (Å²) in [6, 6.07) is -0.151. The maximum atomic E-state index is 11.5. The highest BCUT2D eigenvalue weighted by molar-refractivity contribution is 7.88. The smallest absolute Gasteiger partial charge is 0.235 e. The number of hydrogen-bond donors (Lipinski definition) is 1. The lowest BCUT2D eigenvalue weighted by Gasteiger charge is -2.25. The van der Waals surface area contributed by atoms with Gasteiger partial charge in [-0.05, 0) is 19.8 Å². The molecular weight excluding hydrogens is 228 g/mol. The Morgan fingerprint density at radius 3 is 2.31 bits per heavy atom. The van der Waals surface area contributed by atoms with E-state index < -0.39 is 10.0 Å². The lowest BCUT2D eigenvalue weighted by molar-refractivity contribution is -0.121. The molecule has 0 spiro atoms. The third-order valence-corrected chi connectivity index (χ3v) is 3.72. The standard InChI is InChI=1S/C10H22N2O3S/c1-5-7-11-10(13)8-12(9(3)6-2)16(4,14)15/h9H,5-8H2,1-4H3,(H,11,13). The summed E-state index contributed by atoms with van der Waals surface area (Å²) < 4.78 is 24.2. The van der Waals surface area contributed by atoms with Crippen molar-refractivity contribution in [2.45, 2.75) is 39.7 Å². The van der Waals surface area contributed by atoms with Crippen molar-refractivity contribution in [3.05, 3.63) is 0 Å². The number of carbonyl (C=O) groups excluding carboxylic acids is 1. The average Bonchev–Trinajstić information content (AvgIpc) is 2.20. The molecular formula is C10H22N2O3S. The normalized spacial score (nSPS) is 13.8. The Morgan fingerprint density at radius 1 is 1.38 bits per heavy atom. The van der Waals surface area contributed by atoms with Crippen molar-refractivity contribution in [3.63, 3.8) is 0 Å². The molecule has 0 aromatic rings. The van der Waals surface area contributed by atoms with E-state index in [-0.39, 0.29) is 18.5 Å². The lowest BCUT2D eigenvalue weighted by Crippen LogP contribution is -2.44. The highest BCUT2D eigenvalue weighted by Crippen LogP contribution is 2.07. The minimum Gasteiger partial charge on any atom is -0.355 e. The molecule has 0 aliphatic heterocycles. The van der Waals surface area contributed by atoms with Crippen molar-refractivity contribution in [1.29, 1.82) is 0 Å². The SMILES string of the molecule is CCCNC(=O)CN(C(C)CC)S(C)(=O)=O. The van der Waals surface area contributed by atoms with Gasteiger partial charge in [-0.25, -0.2) is 8.42 Å². The Hall–Kier alpha value is -0.620. The summed E-state index contributed by atoms with van der Waals surface area (Å²) in [6.45, 7) is 6.13. The van der Waals surface area contributed by atoms with Crippen molar-refractivity contribution < 1.29 is 13.2 Å². The summed E-state index contributed by atoms with van der Waals surface area (Å²) >= 11 is 0. The summed E-state index contributed by atoms with van der Waals surface area (Å²) in [5.74, 6) is -0.243. The summed E-state index contributed by atoms with van der Waals surface area (Å²) in [4.78, 5) is 11.5. The molecule has 1 N–H and O–H groups in total. The van der Waals surface area contributed by atoms with Gasteiger partial charge >= 0.3 is 0 Å². The van der Waals surface area contributed by atoms with Crippen LogP contribution in [0.25, 0.3) is 0 Å². The van der Waals surface area contributed by atoms with Crippen LogP contribution in [-0.4, -0.2) is 44.0 Å². The van der Waals surface area contributed by atoms with Crippen LogP contribution in [0.1, 0.15) is 33.6 Å². The lowest BCUT2D eigenvalue weighted by atomic mass is 10.2. The minimum absolute atomic E-state index is 0.0894. The van der Waals surface area contributed by atoms with Gasteiger partial charge in [-0.15, -0.1) is 0 Å². The molecule has 0 aliphatic rings. The second kappa shape index (κ2) is 6.85. The van der Waals surface area contributed by atoms with Gasteiger partial charge in [0, 0.05) is 12.6 Å². The van der Waals surface area contributed by atoms with Gasteiger partial charge in [-0.3, -0.25) is 4.79 Å². The van der Waals surface area contributed by atoms with Crippen LogP contribution >= 0.6 is 0 Å². The largest absolute Gasteiger partial charge is 0.355 e. The molecule has 16 heavy (non-hydrogen) atoms. The van der Waals surface area contributed by atoms with E-state index in [2.05, 4.69) is 5.32 Å². The average molecular weight is 250 g/mol. The topological polar surface area (TPSA) is 66.5 Å². The first kappa shape index (κ1) is 15.4. The molecule has 1 amide bonds. The van der Waals surface area contributed by atoms with Crippen molar-refractivity contribution >= 4 is 15.9 Å². The molecule has 5 nitrogen and oxygen atoms in total. The second-order valence-corrected chi connectivity index (χ2v) is 5.85. The summed E-state index contributed by atoms with van der Waals surface area (Å²) in [5, 5.41) is 2.67. The Labute approximate surface area is 98.3 Å². The fourth-order valence-corrected chi connectivity index (χ4v) is 2.42. The van der Waals surface area contributed by atoms with Crippen LogP contribution in [0.3, 0.4) is 0 Å². The van der Waals surface area contributed by atoms with Crippen LogP contribution < -0.4 is 5.32 Å². The van der Waals surface area contributed by atoms with Gasteiger partial charge in [0.15, 0.2) is 0 Å². The molecule has 0 radical (unpaired) electrons. The maximum absolute atomic E-state index is 11.5. The van der Waals surface area contributed by atoms with E-state index in [0.29, 0.717) is 13.0 Å². The number of carbonyl (C=O) groups is 1. The van der Waals surface area contributed by atoms with Crippen molar-refractivity contribution in [3.8, 4) is 0 Å². The van der Waals surface area contributed by atoms with Crippen LogP contribution in [0, 0.1) is 0 Å². The highest BCUT2D eigenvalue weighted by Gasteiger charge is 2.24. The van der Waals surface area contributed by atoms with Gasteiger partial charge in [0.2, 0.25) is 15.9 Å². The number of amides is 1. The predicted octanol–water partition coefficient (Wildman–Crippen LogP) is 0.573. The van der Waals surface area contributed by atoms with Crippen molar-refractivity contribution in [2.75, 3.05) is 19.3 Å². The maximum Gasteiger partial charge on any atom is 0.235 e. The Bertz CT molecular complexity index is 314. The van der Waals surface area contributed by atoms with Crippen molar-refractivity contribution in [2.24, 2.45) is 0 Å². The zero-order chi connectivity index (χ0) is 12.8. The van der Waals surface area contributed by atoms with Gasteiger partial charge in [-0.1, -0.05) is 13.8 Å². The van der Waals surface area contributed by atoms with E-state index in [4.69, 9.17) is 0 Å². The predicted molar refractivity (Wildman–Crippen MR) is 64.6 cm³/mol. The van der Waals surface area contributed by atoms with Crippen LogP contribution in [0.4, 0.5) is 0 Å². The third-order valence-electron chi connectivity index (χ3n) is 2.38. The quantitative estimate of drug-likeness (QED) is 0.718. The zero-order valence-electron chi connectivity index (χ0n) is 10.5. The Morgan fingerprint density at radius 2 is 1.94 bits per heavy atom. The van der Waals surface area contributed by atoms with Crippen LogP contribution in [0.15, 0.2) is 0 Å². The molecule has 0 fully saturated rings. The van der Waals surface area contributed by atoms with E-state index in [1.807, 2.05) is 13.8 Å². The van der Waals surface area contributed by atoms with Crippen molar-refractivity contribution in [1.82, 2.24) is 9.62 Å². The molecule has 96 valence electrons. The molecule has 0 aromatic heterocycles. The highest BCUT2D eigenvalue weighted by atomic mass is 32.2. The minimum atomic E-state index is -3.32. The molecule has 6 heteroatoms. The number of hydrogen-bond acceptors (Lipinski definition) is 3. The summed E-state index contributed by atoms with van der Waals surface area (Å²) in [6.07, 6.45) is 2.66. The van der Waals surface area contributed by atoms with E-state index in [9.17, 15) is 13.2 Å². The molecule has 0 bridgehead atoms. The number of nitrogens with zero attached hydrogens (tertiary/aromatic N) is 1. The van der Waals surface area contributed by atoms with Crippen LogP contribution in [0.2, 0.25) is 0 Å². The molecule has 1 unspecified atom stereocenters. The van der Waals surface area contributed by atoms with Gasteiger partial charge in [0.05, 0.1) is 12.8 Å². The first-order valence-electron chi connectivity index (χ1n) is 5.56. The first-order valence-corrected chi connectivity index (χ1v) is 7.41. The zero-order valence-corrected chi connectivity index (χ0v) is 11.3. The monoisotopic (exact) mass is 250 g/mol. The molecule has 0 saturated heterocycles.